The standard InChI is InChI=1S/C34H20OS/c1-2-10-27-25(8-1)26-9-3-4-11-28(26)31-19-23(12-14-29(27)31)21-6-5-7-22(18-21)24-13-15-33-32(20-24)30-16-17-35-34(30)36-33/h1-20H. The molecule has 0 radical (unpaired) electrons. The third-order valence-corrected chi connectivity index (χ3v) is 8.45. The molecule has 0 fully saturated rings. The van der Waals surface area contributed by atoms with Crippen molar-refractivity contribution < 1.29 is 4.42 Å². The maximum absolute atomic E-state index is 5.64. The molecule has 0 aliphatic carbocycles. The molecule has 0 aliphatic heterocycles. The molecule has 8 aromatic rings. The number of fused-ring (bicyclic) bond motifs is 9. The summed E-state index contributed by atoms with van der Waals surface area (Å²) < 4.78 is 6.90. The number of hydrogen-bond donors (Lipinski definition) is 0. The molecule has 0 N–H and O–H groups in total. The fourth-order valence-electron chi connectivity index (χ4n) is 5.65. The number of thiophene rings is 1. The van der Waals surface area contributed by atoms with Crippen LogP contribution in [-0.2, 0) is 0 Å². The van der Waals surface area contributed by atoms with E-state index in [4.69, 9.17) is 4.42 Å². The van der Waals surface area contributed by atoms with Crippen LogP contribution in [0.1, 0.15) is 0 Å². The maximum atomic E-state index is 5.64. The van der Waals surface area contributed by atoms with Crippen molar-refractivity contribution in [3.8, 4) is 22.3 Å². The average molecular weight is 477 g/mol. The molecule has 0 spiro atoms. The van der Waals surface area contributed by atoms with Crippen molar-refractivity contribution in [3.05, 3.63) is 122 Å². The predicted octanol–water partition coefficient (Wildman–Crippen LogP) is 10.4. The number of furan rings is 1. The Morgan fingerprint density at radius 3 is 1.64 bits per heavy atom. The zero-order valence-electron chi connectivity index (χ0n) is 19.4. The van der Waals surface area contributed by atoms with Crippen molar-refractivity contribution >= 4 is 64.0 Å². The van der Waals surface area contributed by atoms with E-state index in [-0.39, 0.29) is 0 Å². The second-order valence-corrected chi connectivity index (χ2v) is 10.4. The third-order valence-electron chi connectivity index (χ3n) is 7.38. The number of rotatable bonds is 2. The summed E-state index contributed by atoms with van der Waals surface area (Å²) in [7, 11) is 0. The summed E-state index contributed by atoms with van der Waals surface area (Å²) in [6, 6.07) is 42.1. The van der Waals surface area contributed by atoms with Crippen molar-refractivity contribution in [3.63, 3.8) is 0 Å². The van der Waals surface area contributed by atoms with Crippen LogP contribution in [0.2, 0.25) is 0 Å². The molecular formula is C34H20OS. The molecule has 0 unspecified atom stereocenters. The molecule has 0 atom stereocenters. The third kappa shape index (κ3) is 2.89. The first-order valence-electron chi connectivity index (χ1n) is 12.2. The second-order valence-electron chi connectivity index (χ2n) is 9.37. The molecule has 36 heavy (non-hydrogen) atoms. The Morgan fingerprint density at radius 1 is 0.389 bits per heavy atom. The Kier molecular flexibility index (Phi) is 4.16. The van der Waals surface area contributed by atoms with Gasteiger partial charge in [-0.1, -0.05) is 96.3 Å². The molecule has 0 amide bonds. The highest BCUT2D eigenvalue weighted by molar-refractivity contribution is 7.25. The van der Waals surface area contributed by atoms with E-state index in [0.717, 1.165) is 4.90 Å². The smallest absolute Gasteiger partial charge is 0.188 e. The monoisotopic (exact) mass is 476 g/mol. The Morgan fingerprint density at radius 2 is 0.944 bits per heavy atom. The maximum Gasteiger partial charge on any atom is 0.188 e. The van der Waals surface area contributed by atoms with E-state index in [1.807, 2.05) is 0 Å². The van der Waals surface area contributed by atoms with Crippen LogP contribution < -0.4 is 0 Å². The van der Waals surface area contributed by atoms with Gasteiger partial charge in [-0.2, -0.15) is 0 Å². The van der Waals surface area contributed by atoms with Crippen LogP contribution in [-0.4, -0.2) is 0 Å². The van der Waals surface area contributed by atoms with E-state index >= 15 is 0 Å². The Balaban J connectivity index is 1.32. The first kappa shape index (κ1) is 19.9. The zero-order valence-corrected chi connectivity index (χ0v) is 20.2. The van der Waals surface area contributed by atoms with Crippen molar-refractivity contribution in [2.75, 3.05) is 0 Å². The Hall–Kier alpha value is -4.40. The lowest BCUT2D eigenvalue weighted by atomic mass is 9.91. The van der Waals surface area contributed by atoms with Crippen LogP contribution in [0.25, 0.3) is 74.9 Å². The van der Waals surface area contributed by atoms with E-state index in [1.54, 1.807) is 17.6 Å². The highest BCUT2D eigenvalue weighted by Crippen LogP contribution is 2.39. The van der Waals surface area contributed by atoms with Gasteiger partial charge in [-0.05, 0) is 84.9 Å². The lowest BCUT2D eigenvalue weighted by molar-refractivity contribution is 0.624. The Labute approximate surface area is 211 Å². The summed E-state index contributed by atoms with van der Waals surface area (Å²) in [4.78, 5) is 0.992. The highest BCUT2D eigenvalue weighted by atomic mass is 32.1. The fourth-order valence-corrected chi connectivity index (χ4v) is 6.65. The van der Waals surface area contributed by atoms with Gasteiger partial charge in [-0.3, -0.25) is 0 Å². The van der Waals surface area contributed by atoms with Crippen LogP contribution >= 0.6 is 11.3 Å². The van der Waals surface area contributed by atoms with Gasteiger partial charge in [-0.25, -0.2) is 0 Å². The van der Waals surface area contributed by atoms with Crippen molar-refractivity contribution in [1.82, 2.24) is 0 Å². The molecular weight excluding hydrogens is 456 g/mol. The molecule has 6 aromatic carbocycles. The average Bonchev–Trinajstić information content (AvgIpc) is 3.54. The normalized spacial score (nSPS) is 11.9. The van der Waals surface area contributed by atoms with Gasteiger partial charge in [0.1, 0.15) is 0 Å². The van der Waals surface area contributed by atoms with Gasteiger partial charge in [0.05, 0.1) is 6.26 Å². The van der Waals surface area contributed by atoms with Gasteiger partial charge in [0, 0.05) is 15.5 Å². The van der Waals surface area contributed by atoms with Crippen molar-refractivity contribution in [2.24, 2.45) is 0 Å². The van der Waals surface area contributed by atoms with Crippen molar-refractivity contribution in [1.29, 1.82) is 0 Å². The molecule has 0 saturated carbocycles. The minimum absolute atomic E-state index is 0.992. The molecule has 0 bridgehead atoms. The summed E-state index contributed by atoms with van der Waals surface area (Å²) >= 11 is 1.71. The van der Waals surface area contributed by atoms with Gasteiger partial charge in [0.2, 0.25) is 0 Å². The largest absolute Gasteiger partial charge is 0.454 e. The van der Waals surface area contributed by atoms with Crippen molar-refractivity contribution in [2.45, 2.75) is 0 Å². The van der Waals surface area contributed by atoms with Gasteiger partial charge in [0.15, 0.2) is 4.90 Å². The lowest BCUT2D eigenvalue weighted by Gasteiger charge is -2.12. The first-order chi connectivity index (χ1) is 17.8. The topological polar surface area (TPSA) is 13.1 Å². The zero-order chi connectivity index (χ0) is 23.6. The van der Waals surface area contributed by atoms with Gasteiger partial charge >= 0.3 is 0 Å². The number of hydrogen-bond acceptors (Lipinski definition) is 2. The SMILES string of the molecule is c1cc(-c2ccc3sc4occc4c3c2)cc(-c2ccc3c4ccccc4c4ccccc4c3c2)c1. The van der Waals surface area contributed by atoms with E-state index in [1.165, 1.54) is 70.0 Å². The first-order valence-corrected chi connectivity index (χ1v) is 13.0. The minimum atomic E-state index is 0.992. The summed E-state index contributed by atoms with van der Waals surface area (Å²) in [6.07, 6.45) is 1.78. The lowest BCUT2D eigenvalue weighted by Crippen LogP contribution is -1.85. The predicted molar refractivity (Wildman–Crippen MR) is 155 cm³/mol. The van der Waals surface area contributed by atoms with E-state index in [2.05, 4.69) is 115 Å². The van der Waals surface area contributed by atoms with Gasteiger partial charge in [-0.15, -0.1) is 0 Å². The van der Waals surface area contributed by atoms with E-state index in [0.29, 0.717) is 0 Å². The highest BCUT2D eigenvalue weighted by Gasteiger charge is 2.12. The van der Waals surface area contributed by atoms with E-state index in [9.17, 15) is 0 Å². The minimum Gasteiger partial charge on any atom is -0.454 e. The molecule has 8 rings (SSSR count). The Bertz CT molecular complexity index is 2070. The van der Waals surface area contributed by atoms with Crippen LogP contribution in [0.3, 0.4) is 0 Å². The van der Waals surface area contributed by atoms with E-state index < -0.39 is 0 Å². The number of benzene rings is 6. The van der Waals surface area contributed by atoms with Crippen LogP contribution in [0, 0.1) is 0 Å². The fraction of sp³-hybridized carbons (Fsp3) is 0. The molecule has 2 heterocycles. The molecule has 2 aromatic heterocycles. The summed E-state index contributed by atoms with van der Waals surface area (Å²) in [5.41, 5.74) is 4.91. The molecule has 0 aliphatic rings. The van der Waals surface area contributed by atoms with Crippen LogP contribution in [0.5, 0.6) is 0 Å². The van der Waals surface area contributed by atoms with Gasteiger partial charge in [0.25, 0.3) is 0 Å². The van der Waals surface area contributed by atoms with Gasteiger partial charge < -0.3 is 4.42 Å². The summed E-state index contributed by atoms with van der Waals surface area (Å²) in [5, 5.41) is 10.3. The molecule has 2 heteroatoms. The molecule has 1 nitrogen and oxygen atoms in total. The second kappa shape index (κ2) is 7.55. The summed E-state index contributed by atoms with van der Waals surface area (Å²) in [5.74, 6) is 0. The van der Waals surface area contributed by atoms with Crippen LogP contribution in [0.15, 0.2) is 126 Å². The molecule has 168 valence electrons. The van der Waals surface area contributed by atoms with Crippen LogP contribution in [0.4, 0.5) is 0 Å². The quantitative estimate of drug-likeness (QED) is 0.226. The summed E-state index contributed by atoms with van der Waals surface area (Å²) in [6.45, 7) is 0. The molecule has 0 saturated heterocycles.